The van der Waals surface area contributed by atoms with Crippen LogP contribution >= 0.6 is 0 Å². The third-order valence-corrected chi connectivity index (χ3v) is 7.32. The average Bonchev–Trinajstić information content (AvgIpc) is 2.64. The molecule has 17 heteroatoms. The lowest BCUT2D eigenvalue weighted by atomic mass is 10.2. The second kappa shape index (κ2) is 10.2. The van der Waals surface area contributed by atoms with Gasteiger partial charge in [-0.3, -0.25) is 4.72 Å². The van der Waals surface area contributed by atoms with Gasteiger partial charge >= 0.3 is 0 Å². The number of hydrogen-bond donors (Lipinski definition) is 2. The van der Waals surface area contributed by atoms with Crippen LogP contribution in [0.25, 0.3) is 0 Å². The molecular formula is C17H16F3N5O6S3. The predicted octanol–water partition coefficient (Wildman–Crippen LogP) is 1.21. The molecule has 0 radical (unpaired) electrons. The molecule has 2 rings (SSSR count). The van der Waals surface area contributed by atoms with Crippen molar-refractivity contribution in [1.29, 1.82) is 10.5 Å². The molecule has 34 heavy (non-hydrogen) atoms. The van der Waals surface area contributed by atoms with Gasteiger partial charge in [-0.2, -0.15) is 14.2 Å². The van der Waals surface area contributed by atoms with Gasteiger partial charge in [0.25, 0.3) is 0 Å². The van der Waals surface area contributed by atoms with Crippen LogP contribution in [0.4, 0.5) is 30.2 Å². The quantitative estimate of drug-likeness (QED) is 0.526. The molecular weight excluding hydrogens is 523 g/mol. The van der Waals surface area contributed by atoms with E-state index in [1.165, 1.54) is 6.07 Å². The number of nitriles is 2. The van der Waals surface area contributed by atoms with Crippen LogP contribution in [0.2, 0.25) is 0 Å². The summed E-state index contributed by atoms with van der Waals surface area (Å²) in [5.74, 6) is -3.61. The van der Waals surface area contributed by atoms with Gasteiger partial charge in [0.05, 0.1) is 47.0 Å². The molecule has 0 saturated heterocycles. The zero-order valence-corrected chi connectivity index (χ0v) is 20.0. The van der Waals surface area contributed by atoms with Crippen molar-refractivity contribution in [3.63, 3.8) is 0 Å². The molecule has 0 aliphatic heterocycles. The van der Waals surface area contributed by atoms with Crippen molar-refractivity contribution in [1.82, 2.24) is 0 Å². The number of rotatable bonds is 5. The molecule has 3 N–H and O–H groups in total. The highest BCUT2D eigenvalue weighted by atomic mass is 32.3. The maximum atomic E-state index is 13.1. The van der Waals surface area contributed by atoms with E-state index in [4.69, 9.17) is 16.3 Å². The monoisotopic (exact) mass is 539 g/mol. The topological polar surface area (TPSA) is 191 Å². The van der Waals surface area contributed by atoms with Gasteiger partial charge in [0.1, 0.15) is 18.0 Å². The number of hydrogen-bond acceptors (Lipinski definition) is 9. The van der Waals surface area contributed by atoms with E-state index in [0.717, 1.165) is 18.4 Å². The van der Waals surface area contributed by atoms with E-state index in [1.807, 2.05) is 0 Å². The molecule has 2 aromatic rings. The Balaban J connectivity index is 0.000000350. The Labute approximate surface area is 194 Å². The Morgan fingerprint density at radius 1 is 0.794 bits per heavy atom. The molecule has 0 aliphatic rings. The molecule has 0 aromatic heterocycles. The van der Waals surface area contributed by atoms with E-state index in [-0.39, 0.29) is 20.6 Å². The number of halogens is 3. The van der Waals surface area contributed by atoms with E-state index in [1.54, 1.807) is 6.07 Å². The molecule has 0 heterocycles. The Hall–Kier alpha value is -3.54. The van der Waals surface area contributed by atoms with Crippen molar-refractivity contribution < 1.29 is 38.4 Å². The van der Waals surface area contributed by atoms with Gasteiger partial charge in [0, 0.05) is 6.07 Å². The predicted molar refractivity (Wildman–Crippen MR) is 117 cm³/mol. The summed E-state index contributed by atoms with van der Waals surface area (Å²) in [4.78, 5) is 0. The van der Waals surface area contributed by atoms with Gasteiger partial charge < -0.3 is 5.73 Å². The summed E-state index contributed by atoms with van der Waals surface area (Å²) in [7, 11) is -12.2. The highest BCUT2D eigenvalue weighted by Crippen LogP contribution is 2.27. The average molecular weight is 540 g/mol. The van der Waals surface area contributed by atoms with Crippen molar-refractivity contribution in [3.8, 4) is 12.1 Å². The minimum absolute atomic E-state index is 0.0288. The van der Waals surface area contributed by atoms with E-state index >= 15 is 0 Å². The molecule has 0 saturated carbocycles. The van der Waals surface area contributed by atoms with Crippen LogP contribution in [0.5, 0.6) is 0 Å². The summed E-state index contributed by atoms with van der Waals surface area (Å²) in [6.45, 7) is 0. The maximum absolute atomic E-state index is 13.1. The van der Waals surface area contributed by atoms with Gasteiger partial charge in [-0.05, 0) is 18.2 Å². The SMILES string of the molecule is CS(=O)(=O)N(c1cc(F)c(F)cc1C#N)S(C)(=O)=O.CS(=O)(=O)Nc1cc(N)c(F)cc1C#N. The second-order valence-electron chi connectivity index (χ2n) is 6.52. The summed E-state index contributed by atoms with van der Waals surface area (Å²) in [6, 6.07) is 5.78. The summed E-state index contributed by atoms with van der Waals surface area (Å²) in [6.07, 6.45) is 2.06. The largest absolute Gasteiger partial charge is 0.396 e. The van der Waals surface area contributed by atoms with Gasteiger partial charge in [-0.25, -0.2) is 38.4 Å². The standard InChI is InChI=1S/C9H8F2N2O4S2.C8H8FN3O2S/c1-18(14,15)13(19(2,16)17)9-4-8(11)7(10)3-6(9)5-12;1-15(13,14)12-8-3-7(11)6(9)2-5(8)4-10/h3-4H,1-2H3;2-3,12H,11H2,1H3. The third kappa shape index (κ3) is 7.51. The number of anilines is 3. The number of nitrogens with zero attached hydrogens (tertiary/aromatic N) is 3. The zero-order valence-electron chi connectivity index (χ0n) is 17.5. The number of nitrogens with two attached hydrogens (primary N) is 1. The first-order chi connectivity index (χ1) is 15.3. The maximum Gasteiger partial charge on any atom is 0.245 e. The van der Waals surface area contributed by atoms with Crippen LogP contribution in [0.1, 0.15) is 11.1 Å². The van der Waals surface area contributed by atoms with Crippen molar-refractivity contribution in [2.24, 2.45) is 0 Å². The molecule has 0 spiro atoms. The summed E-state index contributed by atoms with van der Waals surface area (Å²) >= 11 is 0. The smallest absolute Gasteiger partial charge is 0.245 e. The van der Waals surface area contributed by atoms with Crippen LogP contribution in [-0.2, 0) is 30.1 Å². The molecule has 0 atom stereocenters. The highest BCUT2D eigenvalue weighted by molar-refractivity contribution is 8.09. The van der Waals surface area contributed by atoms with Crippen LogP contribution in [0.15, 0.2) is 24.3 Å². The second-order valence-corrected chi connectivity index (χ2v) is 12.2. The van der Waals surface area contributed by atoms with E-state index < -0.39 is 58.8 Å². The number of nitrogens with one attached hydrogen (secondary N) is 1. The van der Waals surface area contributed by atoms with Crippen LogP contribution in [0, 0.1) is 40.1 Å². The molecule has 2 aromatic carbocycles. The Kier molecular flexibility index (Phi) is 8.52. The summed E-state index contributed by atoms with van der Waals surface area (Å²) < 4.78 is 109. The number of sulfonamides is 3. The molecule has 0 bridgehead atoms. The first kappa shape index (κ1) is 28.5. The fourth-order valence-corrected chi connectivity index (χ4v) is 5.90. The Morgan fingerprint density at radius 2 is 1.24 bits per heavy atom. The zero-order chi connectivity index (χ0) is 26.6. The fraction of sp³-hybridized carbons (Fsp3) is 0.176. The van der Waals surface area contributed by atoms with Gasteiger partial charge in [-0.15, -0.1) is 0 Å². The fourth-order valence-electron chi connectivity index (χ4n) is 2.35. The van der Waals surface area contributed by atoms with Gasteiger partial charge in [0.15, 0.2) is 11.6 Å². The lowest BCUT2D eigenvalue weighted by molar-refractivity contribution is 0.508. The molecule has 0 fully saturated rings. The Bertz CT molecular complexity index is 1500. The lowest BCUT2D eigenvalue weighted by Crippen LogP contribution is -2.36. The lowest BCUT2D eigenvalue weighted by Gasteiger charge is -2.20. The van der Waals surface area contributed by atoms with Gasteiger partial charge in [0.2, 0.25) is 30.1 Å². The van der Waals surface area contributed by atoms with E-state index in [0.29, 0.717) is 24.6 Å². The molecule has 184 valence electrons. The van der Waals surface area contributed by atoms with Crippen molar-refractivity contribution in [3.05, 3.63) is 52.8 Å². The molecule has 11 nitrogen and oxygen atoms in total. The summed E-state index contributed by atoms with van der Waals surface area (Å²) in [5.41, 5.74) is 3.50. The minimum Gasteiger partial charge on any atom is -0.396 e. The van der Waals surface area contributed by atoms with Crippen molar-refractivity contribution >= 4 is 47.1 Å². The van der Waals surface area contributed by atoms with Crippen molar-refractivity contribution in [2.75, 3.05) is 32.9 Å². The Morgan fingerprint density at radius 3 is 1.65 bits per heavy atom. The normalized spacial score (nSPS) is 11.4. The van der Waals surface area contributed by atoms with Crippen molar-refractivity contribution in [2.45, 2.75) is 0 Å². The van der Waals surface area contributed by atoms with Crippen LogP contribution in [0.3, 0.4) is 0 Å². The molecule has 0 amide bonds. The molecule has 0 unspecified atom stereocenters. The minimum atomic E-state index is -4.33. The van der Waals surface area contributed by atoms with E-state index in [9.17, 15) is 38.4 Å². The third-order valence-electron chi connectivity index (χ3n) is 3.51. The first-order valence-corrected chi connectivity index (χ1v) is 14.0. The van der Waals surface area contributed by atoms with Gasteiger partial charge in [-0.1, -0.05) is 0 Å². The molecule has 0 aliphatic carbocycles. The number of nitrogen functional groups attached to an aromatic ring is 1. The highest BCUT2D eigenvalue weighted by Gasteiger charge is 2.30. The van der Waals surface area contributed by atoms with E-state index in [2.05, 4.69) is 4.72 Å². The number of benzene rings is 2. The van der Waals surface area contributed by atoms with Crippen LogP contribution < -0.4 is 14.2 Å². The first-order valence-electron chi connectivity index (χ1n) is 8.38. The summed E-state index contributed by atoms with van der Waals surface area (Å²) in [5, 5.41) is 17.4. The van der Waals surface area contributed by atoms with Crippen LogP contribution in [-0.4, -0.2) is 44.0 Å².